The molecule has 1 aliphatic heterocycles. The van der Waals surface area contributed by atoms with E-state index >= 15 is 0 Å². The Kier molecular flexibility index (Phi) is 6.42. The summed E-state index contributed by atoms with van der Waals surface area (Å²) in [6.45, 7) is 5.63. The normalized spacial score (nSPS) is 22.0. The van der Waals surface area contributed by atoms with Crippen molar-refractivity contribution in [1.82, 2.24) is 10.2 Å². The first-order valence-electron chi connectivity index (χ1n) is 6.29. The number of carbonyl (C=O) groups excluding carboxylic acids is 1. The van der Waals surface area contributed by atoms with E-state index in [0.717, 1.165) is 45.5 Å². The van der Waals surface area contributed by atoms with Crippen LogP contribution in [0, 0.1) is 0 Å². The van der Waals surface area contributed by atoms with Gasteiger partial charge in [-0.25, -0.2) is 0 Å². The van der Waals surface area contributed by atoms with Crippen LogP contribution in [0.15, 0.2) is 0 Å². The van der Waals surface area contributed by atoms with Gasteiger partial charge in [-0.15, -0.1) is 0 Å². The maximum absolute atomic E-state index is 11.3. The number of nitrogens with one attached hydrogen (secondary N) is 1. The zero-order chi connectivity index (χ0) is 11.8. The Bertz CT molecular complexity index is 209. The zero-order valence-electron chi connectivity index (χ0n) is 10.5. The van der Waals surface area contributed by atoms with E-state index in [-0.39, 0.29) is 12.0 Å². The minimum atomic E-state index is 0.172. The molecule has 0 aromatic carbocycles. The molecule has 0 unspecified atom stereocenters. The van der Waals surface area contributed by atoms with Gasteiger partial charge in [0.15, 0.2) is 0 Å². The molecule has 1 fully saturated rings. The van der Waals surface area contributed by atoms with Crippen molar-refractivity contribution < 1.29 is 9.53 Å². The van der Waals surface area contributed by atoms with Crippen molar-refractivity contribution in [1.29, 1.82) is 0 Å². The first-order chi connectivity index (χ1) is 7.72. The summed E-state index contributed by atoms with van der Waals surface area (Å²) in [5.41, 5.74) is 0. The lowest BCUT2D eigenvalue weighted by molar-refractivity contribution is -0.121. The zero-order valence-corrected chi connectivity index (χ0v) is 10.5. The first-order valence-corrected chi connectivity index (χ1v) is 6.29. The minimum Gasteiger partial charge on any atom is -0.375 e. The molecule has 94 valence electrons. The van der Waals surface area contributed by atoms with E-state index in [2.05, 4.69) is 24.2 Å². The molecular formula is C12H24N2O2. The minimum absolute atomic E-state index is 0.172. The maximum Gasteiger partial charge on any atom is 0.219 e. The molecule has 0 aromatic rings. The second-order valence-corrected chi connectivity index (χ2v) is 4.50. The van der Waals surface area contributed by atoms with Gasteiger partial charge in [0.1, 0.15) is 0 Å². The van der Waals surface area contributed by atoms with Crippen molar-refractivity contribution >= 4 is 5.91 Å². The summed E-state index contributed by atoms with van der Waals surface area (Å²) < 4.78 is 5.62. The molecule has 1 N–H and O–H groups in total. The molecule has 1 atom stereocenters. The standard InChI is InChI=1S/C12H24N2O2/c1-3-4-5-12(15)13-7-6-11-10-14(2)8-9-16-11/h11H,3-10H2,1-2H3,(H,13,15)/t11-/m0/s1. The van der Waals surface area contributed by atoms with Crippen LogP contribution in [-0.4, -0.2) is 50.2 Å². The van der Waals surface area contributed by atoms with Crippen molar-refractivity contribution in [2.45, 2.75) is 38.7 Å². The van der Waals surface area contributed by atoms with Gasteiger partial charge in [0.25, 0.3) is 0 Å². The fourth-order valence-corrected chi connectivity index (χ4v) is 1.84. The van der Waals surface area contributed by atoms with E-state index in [1.165, 1.54) is 0 Å². The molecule has 1 heterocycles. The van der Waals surface area contributed by atoms with Crippen molar-refractivity contribution in [2.75, 3.05) is 33.3 Å². The summed E-state index contributed by atoms with van der Waals surface area (Å²) in [5.74, 6) is 0.172. The molecule has 0 saturated carbocycles. The van der Waals surface area contributed by atoms with Crippen molar-refractivity contribution in [2.24, 2.45) is 0 Å². The highest BCUT2D eigenvalue weighted by Gasteiger charge is 2.17. The van der Waals surface area contributed by atoms with Crippen molar-refractivity contribution in [3.63, 3.8) is 0 Å². The molecule has 0 radical (unpaired) electrons. The fraction of sp³-hybridized carbons (Fsp3) is 0.917. The van der Waals surface area contributed by atoms with Crippen LogP contribution < -0.4 is 5.32 Å². The summed E-state index contributed by atoms with van der Waals surface area (Å²) in [5, 5.41) is 2.94. The number of amides is 1. The van der Waals surface area contributed by atoms with Crippen LogP contribution in [0.2, 0.25) is 0 Å². The van der Waals surface area contributed by atoms with Crippen LogP contribution in [0.25, 0.3) is 0 Å². The SMILES string of the molecule is CCCCC(=O)NCC[C@H]1CN(C)CCO1. The molecular weight excluding hydrogens is 204 g/mol. The quantitative estimate of drug-likeness (QED) is 0.738. The average molecular weight is 228 g/mol. The Morgan fingerprint density at radius 1 is 1.56 bits per heavy atom. The number of unbranched alkanes of at least 4 members (excludes halogenated alkanes) is 1. The molecule has 1 saturated heterocycles. The Labute approximate surface area is 98.3 Å². The molecule has 16 heavy (non-hydrogen) atoms. The largest absolute Gasteiger partial charge is 0.375 e. The Morgan fingerprint density at radius 2 is 2.38 bits per heavy atom. The second-order valence-electron chi connectivity index (χ2n) is 4.50. The van der Waals surface area contributed by atoms with Crippen LogP contribution in [0.4, 0.5) is 0 Å². The highest BCUT2D eigenvalue weighted by Crippen LogP contribution is 2.05. The number of ether oxygens (including phenoxy) is 1. The fourth-order valence-electron chi connectivity index (χ4n) is 1.84. The van der Waals surface area contributed by atoms with Crippen LogP contribution in [-0.2, 0) is 9.53 Å². The van der Waals surface area contributed by atoms with Crippen molar-refractivity contribution in [3.8, 4) is 0 Å². The van der Waals surface area contributed by atoms with E-state index in [1.807, 2.05) is 0 Å². The predicted molar refractivity (Wildman–Crippen MR) is 64.4 cm³/mol. The van der Waals surface area contributed by atoms with Gasteiger partial charge >= 0.3 is 0 Å². The third kappa shape index (κ3) is 5.47. The van der Waals surface area contributed by atoms with Crippen LogP contribution >= 0.6 is 0 Å². The number of hydrogen-bond donors (Lipinski definition) is 1. The summed E-state index contributed by atoms with van der Waals surface area (Å²) in [7, 11) is 2.11. The Hall–Kier alpha value is -0.610. The van der Waals surface area contributed by atoms with E-state index < -0.39 is 0 Å². The van der Waals surface area contributed by atoms with Crippen molar-refractivity contribution in [3.05, 3.63) is 0 Å². The number of hydrogen-bond acceptors (Lipinski definition) is 3. The molecule has 0 aliphatic carbocycles. The lowest BCUT2D eigenvalue weighted by Gasteiger charge is -2.30. The number of likely N-dealkylation sites (N-methyl/N-ethyl adjacent to an activating group) is 1. The number of rotatable bonds is 6. The lowest BCUT2D eigenvalue weighted by Crippen LogP contribution is -2.41. The summed E-state index contributed by atoms with van der Waals surface area (Å²) in [6, 6.07) is 0. The third-order valence-corrected chi connectivity index (χ3v) is 2.89. The monoisotopic (exact) mass is 228 g/mol. The van der Waals surface area contributed by atoms with Gasteiger partial charge in [0.2, 0.25) is 5.91 Å². The topological polar surface area (TPSA) is 41.6 Å². The van der Waals surface area contributed by atoms with Gasteiger partial charge in [0, 0.05) is 26.1 Å². The van der Waals surface area contributed by atoms with Gasteiger partial charge in [-0.1, -0.05) is 13.3 Å². The molecule has 4 nitrogen and oxygen atoms in total. The molecule has 0 bridgehead atoms. The first kappa shape index (κ1) is 13.5. The van der Waals surface area contributed by atoms with Crippen LogP contribution in [0.1, 0.15) is 32.6 Å². The van der Waals surface area contributed by atoms with Gasteiger partial charge in [-0.05, 0) is 19.9 Å². The lowest BCUT2D eigenvalue weighted by atomic mass is 10.2. The van der Waals surface area contributed by atoms with Crippen LogP contribution in [0.3, 0.4) is 0 Å². The Morgan fingerprint density at radius 3 is 3.06 bits per heavy atom. The smallest absolute Gasteiger partial charge is 0.219 e. The van der Waals surface area contributed by atoms with E-state index in [1.54, 1.807) is 0 Å². The third-order valence-electron chi connectivity index (χ3n) is 2.89. The second kappa shape index (κ2) is 7.63. The van der Waals surface area contributed by atoms with E-state index in [9.17, 15) is 4.79 Å². The summed E-state index contributed by atoms with van der Waals surface area (Å²) >= 11 is 0. The highest BCUT2D eigenvalue weighted by molar-refractivity contribution is 5.75. The van der Waals surface area contributed by atoms with E-state index in [0.29, 0.717) is 6.42 Å². The van der Waals surface area contributed by atoms with Gasteiger partial charge in [-0.2, -0.15) is 0 Å². The maximum atomic E-state index is 11.3. The number of morpholine rings is 1. The molecule has 0 aromatic heterocycles. The van der Waals surface area contributed by atoms with E-state index in [4.69, 9.17) is 4.74 Å². The molecule has 1 amide bonds. The molecule has 1 rings (SSSR count). The predicted octanol–water partition coefficient (Wildman–Crippen LogP) is 1.01. The van der Waals surface area contributed by atoms with Crippen LogP contribution in [0.5, 0.6) is 0 Å². The molecule has 1 aliphatic rings. The average Bonchev–Trinajstić information content (AvgIpc) is 2.26. The van der Waals surface area contributed by atoms with Gasteiger partial charge in [-0.3, -0.25) is 4.79 Å². The Balaban J connectivity index is 2.03. The number of carbonyl (C=O) groups is 1. The number of nitrogens with zero attached hydrogens (tertiary/aromatic N) is 1. The van der Waals surface area contributed by atoms with Gasteiger partial charge < -0.3 is 15.0 Å². The molecule has 0 spiro atoms. The summed E-state index contributed by atoms with van der Waals surface area (Å²) in [6.07, 6.45) is 3.91. The van der Waals surface area contributed by atoms with Gasteiger partial charge in [0.05, 0.1) is 12.7 Å². The highest BCUT2D eigenvalue weighted by atomic mass is 16.5. The summed E-state index contributed by atoms with van der Waals surface area (Å²) in [4.78, 5) is 13.6. The molecule has 4 heteroatoms.